The molecule has 0 amide bonds. The van der Waals surface area contributed by atoms with Gasteiger partial charge in [-0.05, 0) is 151 Å². The van der Waals surface area contributed by atoms with Crippen LogP contribution in [-0.4, -0.2) is 66.5 Å². The molecule has 107 heavy (non-hydrogen) atoms. The van der Waals surface area contributed by atoms with Crippen molar-refractivity contribution in [2.75, 3.05) is 0 Å². The summed E-state index contributed by atoms with van der Waals surface area (Å²) >= 11 is 14.5. The Labute approximate surface area is 644 Å². The van der Waals surface area contributed by atoms with Gasteiger partial charge in [0.15, 0.2) is 34.9 Å². The van der Waals surface area contributed by atoms with E-state index in [0.29, 0.717) is 45.0 Å². The standard InChI is InChI=1S/2C43H36BN3O2.C6H3BrCl2/c2*1-42(2)43(3,4)49-44(48-42)38-28-27-35(36-17-11-12-18-37(36)38)31-21-25-34(26-22-31)41-46-39(32-15-9-6-10-16-32)45-40(47-41)33-23-19-30(20-24-33)29-13-7-5-8-14-29;7-4-1-5(8)3-6(9)2-4/h2*5-28H,1-4H3;1-3H. The van der Waals surface area contributed by atoms with Crippen LogP contribution in [0.1, 0.15) is 55.4 Å². The van der Waals surface area contributed by atoms with E-state index in [2.05, 4.69) is 290 Å². The summed E-state index contributed by atoms with van der Waals surface area (Å²) in [4.78, 5) is 29.7. The maximum absolute atomic E-state index is 6.44. The smallest absolute Gasteiger partial charge is 0.399 e. The molecule has 0 N–H and O–H groups in total. The third-order valence-corrected chi connectivity index (χ3v) is 21.4. The van der Waals surface area contributed by atoms with Gasteiger partial charge in [-0.25, -0.2) is 29.9 Å². The Kier molecular flexibility index (Phi) is 20.4. The van der Waals surface area contributed by atoms with Gasteiger partial charge in [0, 0.05) is 47.9 Å². The Hall–Kier alpha value is -10.6. The van der Waals surface area contributed by atoms with Crippen molar-refractivity contribution >= 4 is 85.8 Å². The fraction of sp³-hybridized carbons (Fsp3) is 0.130. The van der Waals surface area contributed by atoms with E-state index in [-0.39, 0.29) is 0 Å². The first-order valence-electron chi connectivity index (χ1n) is 35.7. The highest BCUT2D eigenvalue weighted by molar-refractivity contribution is 9.10. The molecule has 0 bridgehead atoms. The van der Waals surface area contributed by atoms with Gasteiger partial charge >= 0.3 is 14.2 Å². The lowest BCUT2D eigenvalue weighted by molar-refractivity contribution is 0.00578. The maximum atomic E-state index is 6.44. The zero-order valence-electron chi connectivity index (χ0n) is 60.5. The van der Waals surface area contributed by atoms with Gasteiger partial charge < -0.3 is 18.6 Å². The van der Waals surface area contributed by atoms with Crippen molar-refractivity contribution in [2.24, 2.45) is 0 Å². The van der Waals surface area contributed by atoms with Crippen LogP contribution in [0.4, 0.5) is 0 Å². The number of aromatic nitrogens is 6. The van der Waals surface area contributed by atoms with Crippen LogP contribution in [0.15, 0.2) is 314 Å². The monoisotopic (exact) mass is 1500 g/mol. The summed E-state index contributed by atoms with van der Waals surface area (Å²) in [5, 5.41) is 5.83. The molecule has 0 spiro atoms. The molecule has 0 saturated carbocycles. The summed E-state index contributed by atoms with van der Waals surface area (Å²) in [7, 11) is -0.865. The highest BCUT2D eigenvalue weighted by Crippen LogP contribution is 2.41. The van der Waals surface area contributed by atoms with Crippen LogP contribution in [0, 0.1) is 0 Å². The second-order valence-corrected chi connectivity index (χ2v) is 30.4. The second kappa shape index (κ2) is 30.4. The molecule has 0 atom stereocenters. The lowest BCUT2D eigenvalue weighted by atomic mass is 9.75. The molecule has 17 rings (SSSR count). The van der Waals surface area contributed by atoms with Gasteiger partial charge in [0.05, 0.1) is 22.4 Å². The van der Waals surface area contributed by atoms with Crippen molar-refractivity contribution in [1.82, 2.24) is 29.9 Å². The van der Waals surface area contributed by atoms with Crippen LogP contribution in [-0.2, 0) is 18.6 Å². The summed E-state index contributed by atoms with van der Waals surface area (Å²) in [6.07, 6.45) is 0. The molecule has 2 aliphatic rings. The van der Waals surface area contributed by atoms with Gasteiger partial charge in [-0.15, -0.1) is 0 Å². The van der Waals surface area contributed by atoms with Crippen LogP contribution in [0.2, 0.25) is 10.0 Å². The lowest BCUT2D eigenvalue weighted by Crippen LogP contribution is -2.41. The lowest BCUT2D eigenvalue weighted by Gasteiger charge is -2.32. The Balaban J connectivity index is 0.000000153. The first-order valence-corrected chi connectivity index (χ1v) is 37.3. The summed E-state index contributed by atoms with van der Waals surface area (Å²) in [6, 6.07) is 105. The summed E-state index contributed by atoms with van der Waals surface area (Å²) in [5.74, 6) is 3.81. The van der Waals surface area contributed by atoms with E-state index in [1.807, 2.05) is 72.8 Å². The molecular formula is C92H75B2BrCl2N6O4. The first-order chi connectivity index (χ1) is 51.7. The van der Waals surface area contributed by atoms with E-state index < -0.39 is 36.6 Å². The predicted octanol–water partition coefficient (Wildman–Crippen LogP) is 23.1. The fourth-order valence-electron chi connectivity index (χ4n) is 13.2. The van der Waals surface area contributed by atoms with E-state index in [1.165, 1.54) is 11.1 Å². The average molecular weight is 1500 g/mol. The van der Waals surface area contributed by atoms with E-state index in [1.54, 1.807) is 18.2 Å². The third-order valence-electron chi connectivity index (χ3n) is 20.5. The van der Waals surface area contributed by atoms with Crippen molar-refractivity contribution in [2.45, 2.75) is 77.8 Å². The number of hydrogen-bond donors (Lipinski definition) is 0. The van der Waals surface area contributed by atoms with E-state index in [9.17, 15) is 0 Å². The molecule has 15 heteroatoms. The average Bonchev–Trinajstić information content (AvgIpc) is 1.71. The zero-order chi connectivity index (χ0) is 74.0. The number of benzene rings is 13. The van der Waals surface area contributed by atoms with E-state index >= 15 is 0 Å². The van der Waals surface area contributed by atoms with Crippen molar-refractivity contribution in [3.05, 3.63) is 324 Å². The molecule has 0 radical (unpaired) electrons. The minimum atomic E-state index is -0.433. The van der Waals surface area contributed by atoms with Gasteiger partial charge in [0.1, 0.15) is 0 Å². The molecule has 0 aliphatic carbocycles. The van der Waals surface area contributed by atoms with Crippen molar-refractivity contribution in [3.8, 4) is 113 Å². The molecule has 2 fully saturated rings. The van der Waals surface area contributed by atoms with Crippen molar-refractivity contribution in [3.63, 3.8) is 0 Å². The largest absolute Gasteiger partial charge is 0.495 e. The molecule has 2 saturated heterocycles. The number of nitrogens with zero attached hydrogens (tertiary/aromatic N) is 6. The third kappa shape index (κ3) is 15.6. The normalized spacial score (nSPS) is 14.6. The summed E-state index contributed by atoms with van der Waals surface area (Å²) in [5.41, 5.74) is 15.2. The second-order valence-electron chi connectivity index (χ2n) is 28.6. The van der Waals surface area contributed by atoms with Crippen molar-refractivity contribution in [1.29, 1.82) is 0 Å². The van der Waals surface area contributed by atoms with Gasteiger partial charge in [-0.2, -0.15) is 0 Å². The number of halogens is 3. The minimum absolute atomic E-state index is 0.409. The number of fused-ring (bicyclic) bond motifs is 2. The van der Waals surface area contributed by atoms with E-state index in [4.69, 9.17) is 71.7 Å². The van der Waals surface area contributed by atoms with Gasteiger partial charge in [0.2, 0.25) is 0 Å². The van der Waals surface area contributed by atoms with Crippen LogP contribution < -0.4 is 10.9 Å². The number of hydrogen-bond acceptors (Lipinski definition) is 10. The highest BCUT2D eigenvalue weighted by atomic mass is 79.9. The van der Waals surface area contributed by atoms with Crippen molar-refractivity contribution < 1.29 is 18.6 Å². The minimum Gasteiger partial charge on any atom is -0.399 e. The molecule has 2 aliphatic heterocycles. The Morgan fingerprint density at radius 3 is 0.729 bits per heavy atom. The SMILES string of the molecule is CC1(C)OB(c2ccc(-c3ccc(-c4nc(-c5ccccc5)nc(-c5ccc(-c6ccccc6)cc5)n4)cc3)c3ccccc23)OC1(C)C.CC1(C)OB(c2ccc(-c3ccc(-c4nc(-c5ccccc5)nc(-c5ccc(-c6ccccc6)cc5)n4)cc3)c3ccccc23)OC1(C)C.Clc1cc(Cl)cc(Br)c1. The molecule has 13 aromatic carbocycles. The quantitative estimate of drug-likeness (QED) is 0.110. The zero-order valence-corrected chi connectivity index (χ0v) is 63.6. The topological polar surface area (TPSA) is 114 Å². The maximum Gasteiger partial charge on any atom is 0.495 e. The fourth-order valence-corrected chi connectivity index (χ4v) is 14.5. The first kappa shape index (κ1) is 72.0. The van der Waals surface area contributed by atoms with Gasteiger partial charge in [-0.1, -0.05) is 330 Å². The van der Waals surface area contributed by atoms with Gasteiger partial charge in [0.25, 0.3) is 0 Å². The number of rotatable bonds is 12. The molecule has 2 aromatic heterocycles. The van der Waals surface area contributed by atoms with Crippen LogP contribution in [0.5, 0.6) is 0 Å². The van der Waals surface area contributed by atoms with Crippen LogP contribution >= 0.6 is 39.1 Å². The Morgan fingerprint density at radius 1 is 0.243 bits per heavy atom. The molecule has 15 aromatic rings. The summed E-state index contributed by atoms with van der Waals surface area (Å²) in [6.45, 7) is 16.7. The van der Waals surface area contributed by atoms with E-state index in [0.717, 1.165) is 104 Å². The van der Waals surface area contributed by atoms with Crippen LogP contribution in [0.25, 0.3) is 134 Å². The Bertz CT molecular complexity index is 5280. The predicted molar refractivity (Wildman–Crippen MR) is 445 cm³/mol. The highest BCUT2D eigenvalue weighted by Gasteiger charge is 2.53. The molecule has 4 heterocycles. The van der Waals surface area contributed by atoms with Crippen LogP contribution in [0.3, 0.4) is 0 Å². The molecule has 10 nitrogen and oxygen atoms in total. The molecule has 0 unspecified atom stereocenters. The Morgan fingerprint density at radius 2 is 0.458 bits per heavy atom. The molecular weight excluding hydrogens is 1430 g/mol. The summed E-state index contributed by atoms with van der Waals surface area (Å²) < 4.78 is 26.6. The molecule has 524 valence electrons. The van der Waals surface area contributed by atoms with Gasteiger partial charge in [-0.3, -0.25) is 0 Å².